The molecule has 0 aliphatic carbocycles. The molecule has 0 bridgehead atoms. The summed E-state index contributed by atoms with van der Waals surface area (Å²) >= 11 is 0. The molecule has 114 valence electrons. The van der Waals surface area contributed by atoms with Gasteiger partial charge in [0.25, 0.3) is 0 Å². The number of carbonyl (C=O) groups is 1. The molecule has 0 saturated carbocycles. The third kappa shape index (κ3) is 6.70. The quantitative estimate of drug-likeness (QED) is 0.868. The Balaban J connectivity index is 2.49. The van der Waals surface area contributed by atoms with Crippen LogP contribution in [0.2, 0.25) is 0 Å². The highest BCUT2D eigenvalue weighted by Crippen LogP contribution is 2.06. The number of hydrogen-bond donors (Lipinski definition) is 2. The van der Waals surface area contributed by atoms with Crippen molar-refractivity contribution in [1.29, 1.82) is 0 Å². The van der Waals surface area contributed by atoms with Crippen molar-refractivity contribution in [3.05, 3.63) is 18.2 Å². The summed E-state index contributed by atoms with van der Waals surface area (Å²) in [5.41, 5.74) is 0.991. The van der Waals surface area contributed by atoms with Gasteiger partial charge in [-0.25, -0.2) is 4.98 Å². The first kappa shape index (κ1) is 16.7. The molecule has 20 heavy (non-hydrogen) atoms. The van der Waals surface area contributed by atoms with E-state index in [0.29, 0.717) is 13.0 Å². The fraction of sp³-hybridized carbons (Fsp3) is 0.733. The van der Waals surface area contributed by atoms with Crippen LogP contribution in [0.15, 0.2) is 12.5 Å². The van der Waals surface area contributed by atoms with Gasteiger partial charge < -0.3 is 15.2 Å². The molecular formula is C15H28N4O. The molecular weight excluding hydrogens is 252 g/mol. The summed E-state index contributed by atoms with van der Waals surface area (Å²) < 4.78 is 2.03. The van der Waals surface area contributed by atoms with E-state index in [0.717, 1.165) is 12.2 Å². The lowest BCUT2D eigenvalue weighted by molar-refractivity contribution is -0.122. The first-order chi connectivity index (χ1) is 9.07. The maximum atomic E-state index is 11.8. The molecule has 5 heteroatoms. The number of hydrogen-bond acceptors (Lipinski definition) is 3. The number of rotatable bonds is 5. The molecule has 1 aromatic rings. The van der Waals surface area contributed by atoms with Gasteiger partial charge in [0.1, 0.15) is 0 Å². The summed E-state index contributed by atoms with van der Waals surface area (Å²) in [5, 5.41) is 6.40. The zero-order valence-corrected chi connectivity index (χ0v) is 13.6. The van der Waals surface area contributed by atoms with Crippen molar-refractivity contribution in [3.63, 3.8) is 0 Å². The maximum absolute atomic E-state index is 11.8. The highest BCUT2D eigenvalue weighted by Gasteiger charge is 2.14. The average molecular weight is 280 g/mol. The fourth-order valence-corrected chi connectivity index (χ4v) is 1.76. The SMILES string of the molecule is CC(C)(C)NCc1cncn1CCC(=O)NC(C)(C)C. The van der Waals surface area contributed by atoms with E-state index in [4.69, 9.17) is 0 Å². The van der Waals surface area contributed by atoms with Crippen molar-refractivity contribution in [3.8, 4) is 0 Å². The Hall–Kier alpha value is -1.36. The number of amides is 1. The van der Waals surface area contributed by atoms with Crippen molar-refractivity contribution in [1.82, 2.24) is 20.2 Å². The van der Waals surface area contributed by atoms with Crippen LogP contribution in [0.5, 0.6) is 0 Å². The number of nitrogens with zero attached hydrogens (tertiary/aromatic N) is 2. The van der Waals surface area contributed by atoms with Gasteiger partial charge in [0.2, 0.25) is 5.91 Å². The second-order valence-corrected chi connectivity index (χ2v) is 7.23. The average Bonchev–Trinajstić information content (AvgIpc) is 2.67. The van der Waals surface area contributed by atoms with E-state index in [1.807, 2.05) is 31.5 Å². The van der Waals surface area contributed by atoms with Crippen LogP contribution in [0.4, 0.5) is 0 Å². The van der Waals surface area contributed by atoms with Gasteiger partial charge in [-0.3, -0.25) is 4.79 Å². The molecule has 1 heterocycles. The van der Waals surface area contributed by atoms with Gasteiger partial charge in [-0.2, -0.15) is 0 Å². The first-order valence-electron chi connectivity index (χ1n) is 7.12. The number of nitrogens with one attached hydrogen (secondary N) is 2. The predicted octanol–water partition coefficient (Wildman–Crippen LogP) is 2.08. The van der Waals surface area contributed by atoms with Crippen LogP contribution in [0.1, 0.15) is 53.7 Å². The normalized spacial score (nSPS) is 12.5. The summed E-state index contributed by atoms with van der Waals surface area (Å²) in [5.74, 6) is 0.0703. The van der Waals surface area contributed by atoms with Crippen LogP contribution in [0.25, 0.3) is 0 Å². The van der Waals surface area contributed by atoms with Crippen molar-refractivity contribution >= 4 is 5.91 Å². The van der Waals surface area contributed by atoms with Crippen molar-refractivity contribution in [2.24, 2.45) is 0 Å². The highest BCUT2D eigenvalue weighted by atomic mass is 16.1. The van der Waals surface area contributed by atoms with E-state index in [-0.39, 0.29) is 17.0 Å². The predicted molar refractivity (Wildman–Crippen MR) is 81.3 cm³/mol. The third-order valence-electron chi connectivity index (χ3n) is 2.69. The molecule has 0 saturated heterocycles. The summed E-state index contributed by atoms with van der Waals surface area (Å²) in [6.07, 6.45) is 4.10. The van der Waals surface area contributed by atoms with Gasteiger partial charge in [0.05, 0.1) is 12.0 Å². The third-order valence-corrected chi connectivity index (χ3v) is 2.69. The van der Waals surface area contributed by atoms with E-state index in [9.17, 15) is 4.79 Å². The molecule has 0 spiro atoms. The molecule has 5 nitrogen and oxygen atoms in total. The Kier molecular flexibility index (Phi) is 5.34. The number of imidazole rings is 1. The second-order valence-electron chi connectivity index (χ2n) is 7.23. The fourth-order valence-electron chi connectivity index (χ4n) is 1.76. The minimum atomic E-state index is -0.178. The zero-order chi connectivity index (χ0) is 15.4. The molecule has 0 unspecified atom stereocenters. The van der Waals surface area contributed by atoms with Gasteiger partial charge in [0, 0.05) is 36.8 Å². The Labute approximate surface area is 122 Å². The monoisotopic (exact) mass is 280 g/mol. The van der Waals surface area contributed by atoms with Crippen LogP contribution in [-0.4, -0.2) is 26.5 Å². The molecule has 1 amide bonds. The number of aryl methyl sites for hydroxylation is 1. The van der Waals surface area contributed by atoms with Gasteiger partial charge in [-0.15, -0.1) is 0 Å². The lowest BCUT2D eigenvalue weighted by Gasteiger charge is -2.22. The van der Waals surface area contributed by atoms with Crippen LogP contribution in [0.3, 0.4) is 0 Å². The summed E-state index contributed by atoms with van der Waals surface area (Å²) in [4.78, 5) is 16.0. The van der Waals surface area contributed by atoms with E-state index in [2.05, 4.69) is 36.4 Å². The first-order valence-corrected chi connectivity index (χ1v) is 7.12. The number of carbonyl (C=O) groups excluding carboxylic acids is 1. The minimum Gasteiger partial charge on any atom is -0.351 e. The molecule has 1 aromatic heterocycles. The Morgan fingerprint density at radius 1 is 1.20 bits per heavy atom. The largest absolute Gasteiger partial charge is 0.351 e. The molecule has 0 aliphatic heterocycles. The summed E-state index contributed by atoms with van der Waals surface area (Å²) in [7, 11) is 0. The summed E-state index contributed by atoms with van der Waals surface area (Å²) in [6.45, 7) is 13.8. The smallest absolute Gasteiger partial charge is 0.222 e. The molecule has 0 aromatic carbocycles. The van der Waals surface area contributed by atoms with Crippen LogP contribution in [0, 0.1) is 0 Å². The Morgan fingerprint density at radius 2 is 1.85 bits per heavy atom. The molecule has 0 fully saturated rings. The Morgan fingerprint density at radius 3 is 2.40 bits per heavy atom. The molecule has 2 N–H and O–H groups in total. The molecule has 1 rings (SSSR count). The zero-order valence-electron chi connectivity index (χ0n) is 13.6. The van der Waals surface area contributed by atoms with Crippen molar-refractivity contribution < 1.29 is 4.79 Å². The van der Waals surface area contributed by atoms with Crippen molar-refractivity contribution in [2.75, 3.05) is 0 Å². The second kappa shape index (κ2) is 6.39. The van der Waals surface area contributed by atoms with E-state index in [1.54, 1.807) is 6.33 Å². The minimum absolute atomic E-state index is 0.0682. The molecule has 0 atom stereocenters. The standard InChI is InChI=1S/C15H28N4O/c1-14(2,3)17-10-12-9-16-11-19(12)8-7-13(20)18-15(4,5)6/h9,11,17H,7-8,10H2,1-6H3,(H,18,20). The van der Waals surface area contributed by atoms with Crippen LogP contribution in [-0.2, 0) is 17.9 Å². The van der Waals surface area contributed by atoms with Gasteiger partial charge in [0.15, 0.2) is 0 Å². The lowest BCUT2D eigenvalue weighted by atomic mass is 10.1. The van der Waals surface area contributed by atoms with E-state index >= 15 is 0 Å². The summed E-state index contributed by atoms with van der Waals surface area (Å²) in [6, 6.07) is 0. The number of aromatic nitrogens is 2. The van der Waals surface area contributed by atoms with Gasteiger partial charge >= 0.3 is 0 Å². The molecule has 0 radical (unpaired) electrons. The maximum Gasteiger partial charge on any atom is 0.222 e. The molecule has 0 aliphatic rings. The van der Waals surface area contributed by atoms with Gasteiger partial charge in [-0.1, -0.05) is 0 Å². The van der Waals surface area contributed by atoms with E-state index in [1.165, 1.54) is 0 Å². The van der Waals surface area contributed by atoms with Crippen LogP contribution >= 0.6 is 0 Å². The van der Waals surface area contributed by atoms with Gasteiger partial charge in [-0.05, 0) is 41.5 Å². The Bertz CT molecular complexity index is 437. The lowest BCUT2D eigenvalue weighted by Crippen LogP contribution is -2.41. The van der Waals surface area contributed by atoms with E-state index < -0.39 is 0 Å². The van der Waals surface area contributed by atoms with Crippen molar-refractivity contribution in [2.45, 2.75) is 72.1 Å². The topological polar surface area (TPSA) is 59.0 Å². The highest BCUT2D eigenvalue weighted by molar-refractivity contribution is 5.76. The van der Waals surface area contributed by atoms with Crippen LogP contribution < -0.4 is 10.6 Å².